The van der Waals surface area contributed by atoms with Gasteiger partial charge in [-0.15, -0.1) is 0 Å². The summed E-state index contributed by atoms with van der Waals surface area (Å²) in [6.07, 6.45) is 0. The lowest BCUT2D eigenvalue weighted by Gasteiger charge is -2.17. The van der Waals surface area contributed by atoms with Gasteiger partial charge in [-0.1, -0.05) is 22.0 Å². The van der Waals surface area contributed by atoms with Gasteiger partial charge in [-0.2, -0.15) is 11.3 Å². The molecule has 0 aliphatic carbocycles. The van der Waals surface area contributed by atoms with E-state index in [0.717, 1.165) is 21.5 Å². The average molecular weight is 406 g/mol. The molecule has 1 unspecified atom stereocenters. The number of methoxy groups -OCH3 is 2. The number of rotatable bonds is 4. The minimum atomic E-state index is 0.107. The van der Waals surface area contributed by atoms with E-state index in [1.807, 2.05) is 12.1 Å². The van der Waals surface area contributed by atoms with Gasteiger partial charge in [0.1, 0.15) is 16.0 Å². The summed E-state index contributed by atoms with van der Waals surface area (Å²) in [6.45, 7) is 2.12. The zero-order valence-electron chi connectivity index (χ0n) is 10.9. The molecular formula is C14H14Br2O2S. The second kappa shape index (κ2) is 6.29. The predicted molar refractivity (Wildman–Crippen MR) is 87.1 cm³/mol. The summed E-state index contributed by atoms with van der Waals surface area (Å²) in [7, 11) is 3.32. The van der Waals surface area contributed by atoms with Crippen molar-refractivity contribution in [3.8, 4) is 11.5 Å². The first-order valence-electron chi connectivity index (χ1n) is 5.67. The van der Waals surface area contributed by atoms with Crippen LogP contribution in [-0.2, 0) is 0 Å². The van der Waals surface area contributed by atoms with E-state index in [-0.39, 0.29) is 4.83 Å². The molecule has 0 amide bonds. The van der Waals surface area contributed by atoms with Gasteiger partial charge in [0, 0.05) is 5.56 Å². The van der Waals surface area contributed by atoms with Crippen LogP contribution >= 0.6 is 43.2 Å². The molecule has 1 aromatic heterocycles. The fourth-order valence-corrected chi connectivity index (χ4v) is 4.51. The van der Waals surface area contributed by atoms with Crippen molar-refractivity contribution in [2.75, 3.05) is 14.2 Å². The van der Waals surface area contributed by atoms with Gasteiger partial charge in [0.15, 0.2) is 0 Å². The monoisotopic (exact) mass is 404 g/mol. The molecule has 2 aromatic rings. The molecule has 0 fully saturated rings. The van der Waals surface area contributed by atoms with Crippen LogP contribution in [0.15, 0.2) is 27.4 Å². The maximum absolute atomic E-state index is 5.52. The Hall–Kier alpha value is -0.520. The Morgan fingerprint density at radius 3 is 2.37 bits per heavy atom. The van der Waals surface area contributed by atoms with Crippen molar-refractivity contribution in [1.29, 1.82) is 0 Å². The lowest BCUT2D eigenvalue weighted by molar-refractivity contribution is 0.386. The fraction of sp³-hybridized carbons (Fsp3) is 0.286. The molecule has 0 radical (unpaired) electrons. The molecule has 2 nitrogen and oxygen atoms in total. The normalized spacial score (nSPS) is 12.3. The van der Waals surface area contributed by atoms with Crippen LogP contribution in [0.3, 0.4) is 0 Å². The molecule has 0 bridgehead atoms. The second-order valence-electron chi connectivity index (χ2n) is 4.08. The highest BCUT2D eigenvalue weighted by molar-refractivity contribution is 9.10. The Labute approximate surface area is 134 Å². The number of thiophene rings is 1. The number of hydrogen-bond donors (Lipinski definition) is 0. The lowest BCUT2D eigenvalue weighted by Crippen LogP contribution is -1.99. The fourth-order valence-electron chi connectivity index (χ4n) is 1.92. The molecule has 0 aliphatic rings. The number of benzene rings is 1. The van der Waals surface area contributed by atoms with Gasteiger partial charge in [0.25, 0.3) is 0 Å². The Bertz CT molecular complexity index is 581. The van der Waals surface area contributed by atoms with Crippen LogP contribution in [-0.4, -0.2) is 14.2 Å². The van der Waals surface area contributed by atoms with Gasteiger partial charge in [0.2, 0.25) is 0 Å². The quantitative estimate of drug-likeness (QED) is 0.640. The summed E-state index contributed by atoms with van der Waals surface area (Å²) in [5.74, 6) is 1.56. The highest BCUT2D eigenvalue weighted by Crippen LogP contribution is 2.45. The van der Waals surface area contributed by atoms with Crippen LogP contribution in [0.1, 0.15) is 21.5 Å². The van der Waals surface area contributed by atoms with E-state index >= 15 is 0 Å². The average Bonchev–Trinajstić information content (AvgIpc) is 2.83. The Balaban J connectivity index is 2.51. The minimum absolute atomic E-state index is 0.107. The van der Waals surface area contributed by atoms with Crippen molar-refractivity contribution in [2.45, 2.75) is 11.8 Å². The Kier molecular flexibility index (Phi) is 4.92. The summed E-state index contributed by atoms with van der Waals surface area (Å²) in [5, 5.41) is 4.31. The van der Waals surface area contributed by atoms with Crippen LogP contribution in [0, 0.1) is 6.92 Å². The number of hydrogen-bond acceptors (Lipinski definition) is 3. The first kappa shape index (κ1) is 14.9. The van der Waals surface area contributed by atoms with Crippen molar-refractivity contribution in [2.24, 2.45) is 0 Å². The Morgan fingerprint density at radius 2 is 1.84 bits per heavy atom. The summed E-state index contributed by atoms with van der Waals surface area (Å²) in [5.41, 5.74) is 3.62. The van der Waals surface area contributed by atoms with Gasteiger partial charge in [-0.3, -0.25) is 0 Å². The molecule has 0 saturated carbocycles. The summed E-state index contributed by atoms with van der Waals surface area (Å²) >= 11 is 9.00. The van der Waals surface area contributed by atoms with Crippen LogP contribution in [0.5, 0.6) is 11.5 Å². The van der Waals surface area contributed by atoms with Crippen molar-refractivity contribution in [3.05, 3.63) is 44.1 Å². The Morgan fingerprint density at radius 1 is 1.11 bits per heavy atom. The number of ether oxygens (including phenoxy) is 2. The van der Waals surface area contributed by atoms with Crippen LogP contribution in [0.2, 0.25) is 0 Å². The number of aryl methyl sites for hydroxylation is 1. The molecule has 0 spiro atoms. The van der Waals surface area contributed by atoms with Gasteiger partial charge < -0.3 is 9.47 Å². The third-order valence-corrected chi connectivity index (χ3v) is 5.57. The molecule has 5 heteroatoms. The van der Waals surface area contributed by atoms with Crippen LogP contribution < -0.4 is 9.47 Å². The van der Waals surface area contributed by atoms with Crippen LogP contribution in [0.4, 0.5) is 0 Å². The van der Waals surface area contributed by atoms with Crippen molar-refractivity contribution in [1.82, 2.24) is 0 Å². The van der Waals surface area contributed by atoms with Gasteiger partial charge in [0.05, 0.1) is 19.0 Å². The van der Waals surface area contributed by atoms with Crippen molar-refractivity contribution in [3.63, 3.8) is 0 Å². The first-order valence-corrected chi connectivity index (χ1v) is 8.32. The van der Waals surface area contributed by atoms with Crippen molar-refractivity contribution < 1.29 is 9.47 Å². The first-order chi connectivity index (χ1) is 9.10. The highest BCUT2D eigenvalue weighted by atomic mass is 79.9. The number of halogens is 2. The van der Waals surface area contributed by atoms with E-state index in [1.54, 1.807) is 25.6 Å². The topological polar surface area (TPSA) is 18.5 Å². The third kappa shape index (κ3) is 2.83. The van der Waals surface area contributed by atoms with Gasteiger partial charge >= 0.3 is 0 Å². The summed E-state index contributed by atoms with van der Waals surface area (Å²) in [4.78, 5) is 0.107. The molecule has 102 valence electrons. The lowest BCUT2D eigenvalue weighted by atomic mass is 10.0. The van der Waals surface area contributed by atoms with Crippen molar-refractivity contribution >= 4 is 43.2 Å². The van der Waals surface area contributed by atoms with E-state index in [1.165, 1.54) is 11.1 Å². The molecule has 0 aliphatic heterocycles. The predicted octanol–water partition coefficient (Wildman–Crippen LogP) is 5.32. The molecular weight excluding hydrogens is 392 g/mol. The van der Waals surface area contributed by atoms with Crippen LogP contribution in [0.25, 0.3) is 0 Å². The van der Waals surface area contributed by atoms with Gasteiger partial charge in [-0.05, 0) is 50.8 Å². The number of alkyl halides is 1. The van der Waals surface area contributed by atoms with E-state index < -0.39 is 0 Å². The van der Waals surface area contributed by atoms with E-state index in [0.29, 0.717) is 0 Å². The molecule has 1 atom stereocenters. The van der Waals surface area contributed by atoms with E-state index in [9.17, 15) is 0 Å². The van der Waals surface area contributed by atoms with E-state index in [2.05, 4.69) is 49.5 Å². The maximum Gasteiger partial charge on any atom is 0.141 e. The molecule has 19 heavy (non-hydrogen) atoms. The molecule has 0 saturated heterocycles. The highest BCUT2D eigenvalue weighted by Gasteiger charge is 2.21. The zero-order chi connectivity index (χ0) is 14.0. The smallest absolute Gasteiger partial charge is 0.141 e. The maximum atomic E-state index is 5.52. The molecule has 0 N–H and O–H groups in total. The summed E-state index contributed by atoms with van der Waals surface area (Å²) < 4.78 is 11.7. The standard InChI is InChI=1S/C14H14Br2O2S/c1-8-6-19-7-10(8)12(15)9-4-5-11(17-2)13(16)14(9)18-3/h4-7,12H,1-3H3. The summed E-state index contributed by atoms with van der Waals surface area (Å²) in [6, 6.07) is 3.97. The molecule has 1 aromatic carbocycles. The minimum Gasteiger partial charge on any atom is -0.495 e. The van der Waals surface area contributed by atoms with E-state index in [4.69, 9.17) is 9.47 Å². The second-order valence-corrected chi connectivity index (χ2v) is 6.53. The largest absolute Gasteiger partial charge is 0.495 e. The molecule has 2 rings (SSSR count). The van der Waals surface area contributed by atoms with Gasteiger partial charge in [-0.25, -0.2) is 0 Å². The SMILES string of the molecule is COc1ccc(C(Br)c2cscc2C)c(OC)c1Br. The zero-order valence-corrected chi connectivity index (χ0v) is 14.9. The third-order valence-electron chi connectivity index (χ3n) is 2.96. The molecule has 1 heterocycles.